The molecule has 1 aliphatic rings. The minimum Gasteiger partial charge on any atom is -0.374 e. The molecule has 1 aromatic rings. The van der Waals surface area contributed by atoms with Crippen LogP contribution in [0.1, 0.15) is 0 Å². The van der Waals surface area contributed by atoms with Gasteiger partial charge in [0.2, 0.25) is 0 Å². The van der Waals surface area contributed by atoms with Crippen LogP contribution in [-0.2, 0) is 0 Å². The number of nitro groups is 1. The lowest BCUT2D eigenvalue weighted by Crippen LogP contribution is -2.51. The van der Waals surface area contributed by atoms with Crippen molar-refractivity contribution in [2.45, 2.75) is 6.04 Å². The molecular weight excluding hydrogens is 218 g/mol. The molecule has 0 aliphatic carbocycles. The van der Waals surface area contributed by atoms with Gasteiger partial charge in [-0.05, 0) is 12.1 Å². The zero-order valence-corrected chi connectivity index (χ0v) is 8.62. The second-order valence-electron chi connectivity index (χ2n) is 3.42. The van der Waals surface area contributed by atoms with E-state index < -0.39 is 4.92 Å². The van der Waals surface area contributed by atoms with Crippen molar-refractivity contribution in [3.63, 3.8) is 0 Å². The van der Waals surface area contributed by atoms with Crippen LogP contribution in [0.4, 0.5) is 11.4 Å². The van der Waals surface area contributed by atoms with E-state index in [1.54, 1.807) is 6.07 Å². The zero-order chi connectivity index (χ0) is 10.8. The number of rotatable bonds is 3. The van der Waals surface area contributed by atoms with Crippen molar-refractivity contribution in [1.29, 1.82) is 0 Å². The molecule has 0 unspecified atom stereocenters. The second-order valence-corrected chi connectivity index (χ2v) is 3.85. The Kier molecular flexibility index (Phi) is 2.75. The molecule has 1 aliphatic heterocycles. The number of nitro benzene ring substituents is 1. The van der Waals surface area contributed by atoms with Gasteiger partial charge in [-0.15, -0.1) is 0 Å². The van der Waals surface area contributed by atoms with Crippen molar-refractivity contribution in [1.82, 2.24) is 5.32 Å². The molecular formula is C9H10ClN3O2. The third-order valence-corrected chi connectivity index (χ3v) is 2.53. The van der Waals surface area contributed by atoms with E-state index in [4.69, 9.17) is 11.6 Å². The van der Waals surface area contributed by atoms with E-state index in [9.17, 15) is 10.1 Å². The highest BCUT2D eigenvalue weighted by Gasteiger charge is 2.21. The minimum absolute atomic E-state index is 0.0614. The fraction of sp³-hybridized carbons (Fsp3) is 0.333. The third-order valence-electron chi connectivity index (χ3n) is 2.30. The monoisotopic (exact) mass is 227 g/mol. The summed E-state index contributed by atoms with van der Waals surface area (Å²) in [5.74, 6) is 0. The molecule has 6 heteroatoms. The maximum absolute atomic E-state index is 10.7. The Labute approximate surface area is 91.6 Å². The van der Waals surface area contributed by atoms with E-state index in [2.05, 4.69) is 10.6 Å². The van der Waals surface area contributed by atoms with Crippen LogP contribution in [0.3, 0.4) is 0 Å². The van der Waals surface area contributed by atoms with Crippen molar-refractivity contribution >= 4 is 23.0 Å². The molecule has 1 aromatic carbocycles. The van der Waals surface area contributed by atoms with Crippen LogP contribution in [0.2, 0.25) is 5.02 Å². The number of halogens is 1. The van der Waals surface area contributed by atoms with E-state index in [-0.39, 0.29) is 11.7 Å². The summed E-state index contributed by atoms with van der Waals surface area (Å²) in [7, 11) is 0. The number of nitrogens with one attached hydrogen (secondary N) is 2. The number of nitrogens with zero attached hydrogens (tertiary/aromatic N) is 1. The molecule has 5 nitrogen and oxygen atoms in total. The largest absolute Gasteiger partial charge is 0.374 e. The predicted octanol–water partition coefficient (Wildman–Crippen LogP) is 1.63. The molecule has 0 amide bonds. The zero-order valence-electron chi connectivity index (χ0n) is 7.87. The molecule has 2 rings (SSSR count). The summed E-state index contributed by atoms with van der Waals surface area (Å²) in [5.41, 5.74) is 0.547. The van der Waals surface area contributed by atoms with Crippen molar-refractivity contribution < 1.29 is 4.92 Å². The van der Waals surface area contributed by atoms with Gasteiger partial charge in [0.15, 0.2) is 0 Å². The first-order chi connectivity index (χ1) is 7.16. The van der Waals surface area contributed by atoms with Crippen LogP contribution < -0.4 is 10.6 Å². The van der Waals surface area contributed by atoms with Crippen molar-refractivity contribution in [2.24, 2.45) is 0 Å². The lowest BCUT2D eigenvalue weighted by molar-refractivity contribution is -0.384. The Morgan fingerprint density at radius 2 is 2.27 bits per heavy atom. The molecule has 1 fully saturated rings. The van der Waals surface area contributed by atoms with Gasteiger partial charge in [0.25, 0.3) is 5.69 Å². The van der Waals surface area contributed by atoms with Crippen LogP contribution in [-0.4, -0.2) is 24.1 Å². The van der Waals surface area contributed by atoms with E-state index in [1.807, 2.05) is 0 Å². The van der Waals surface area contributed by atoms with Gasteiger partial charge < -0.3 is 10.6 Å². The predicted molar refractivity (Wildman–Crippen MR) is 58.4 cm³/mol. The van der Waals surface area contributed by atoms with Crippen LogP contribution in [0.15, 0.2) is 18.2 Å². The number of anilines is 1. The normalized spacial score (nSPS) is 15.8. The molecule has 0 aromatic heterocycles. The minimum atomic E-state index is -0.412. The van der Waals surface area contributed by atoms with Gasteiger partial charge in [-0.2, -0.15) is 0 Å². The van der Waals surface area contributed by atoms with Crippen molar-refractivity contribution in [2.75, 3.05) is 18.4 Å². The van der Waals surface area contributed by atoms with Gasteiger partial charge in [-0.3, -0.25) is 10.1 Å². The second kappa shape index (κ2) is 4.04. The molecule has 1 saturated heterocycles. The van der Waals surface area contributed by atoms with Gasteiger partial charge in [-0.25, -0.2) is 0 Å². The van der Waals surface area contributed by atoms with Gasteiger partial charge >= 0.3 is 0 Å². The van der Waals surface area contributed by atoms with Crippen LogP contribution in [0.25, 0.3) is 0 Å². The number of hydrogen-bond acceptors (Lipinski definition) is 4. The summed E-state index contributed by atoms with van der Waals surface area (Å²) in [5, 5.41) is 17.4. The summed E-state index contributed by atoms with van der Waals surface area (Å²) < 4.78 is 0. The molecule has 1 heterocycles. The fourth-order valence-corrected chi connectivity index (χ4v) is 1.57. The number of hydrogen-bond donors (Lipinski definition) is 2. The van der Waals surface area contributed by atoms with Crippen LogP contribution in [0, 0.1) is 10.1 Å². The quantitative estimate of drug-likeness (QED) is 0.609. The fourth-order valence-electron chi connectivity index (χ4n) is 1.39. The van der Waals surface area contributed by atoms with E-state index in [1.165, 1.54) is 12.1 Å². The Morgan fingerprint density at radius 1 is 1.53 bits per heavy atom. The van der Waals surface area contributed by atoms with Gasteiger partial charge in [-0.1, -0.05) is 11.6 Å². The summed E-state index contributed by atoms with van der Waals surface area (Å²) in [4.78, 5) is 10.3. The Balaban J connectivity index is 2.24. The van der Waals surface area contributed by atoms with Crippen LogP contribution in [0.5, 0.6) is 0 Å². The Morgan fingerprint density at radius 3 is 2.80 bits per heavy atom. The molecule has 2 N–H and O–H groups in total. The summed E-state index contributed by atoms with van der Waals surface area (Å²) >= 11 is 5.79. The summed E-state index contributed by atoms with van der Waals surface area (Å²) in [6.07, 6.45) is 0. The first kappa shape index (κ1) is 10.2. The van der Waals surface area contributed by atoms with Gasteiger partial charge in [0, 0.05) is 24.2 Å². The highest BCUT2D eigenvalue weighted by Crippen LogP contribution is 2.28. The molecule has 15 heavy (non-hydrogen) atoms. The number of benzene rings is 1. The maximum Gasteiger partial charge on any atom is 0.292 e. The summed E-state index contributed by atoms with van der Waals surface area (Å²) in [6.45, 7) is 1.65. The maximum atomic E-state index is 10.7. The standard InChI is InChI=1S/C9H10ClN3O2/c10-6-1-2-9(13(14)15)8(3-6)12-7-4-11-5-7/h1-3,7,11-12H,4-5H2. The average Bonchev–Trinajstić information content (AvgIpc) is 2.11. The topological polar surface area (TPSA) is 67.2 Å². The van der Waals surface area contributed by atoms with E-state index in [0.717, 1.165) is 13.1 Å². The van der Waals surface area contributed by atoms with Gasteiger partial charge in [0.1, 0.15) is 5.69 Å². The molecule has 0 saturated carbocycles. The van der Waals surface area contributed by atoms with Crippen LogP contribution >= 0.6 is 11.6 Å². The highest BCUT2D eigenvalue weighted by atomic mass is 35.5. The van der Waals surface area contributed by atoms with Crippen molar-refractivity contribution in [3.8, 4) is 0 Å². The Hall–Kier alpha value is -1.33. The Bertz CT molecular complexity index is 393. The summed E-state index contributed by atoms with van der Waals surface area (Å²) in [6, 6.07) is 4.76. The third kappa shape index (κ3) is 2.19. The van der Waals surface area contributed by atoms with E-state index >= 15 is 0 Å². The van der Waals surface area contributed by atoms with E-state index in [0.29, 0.717) is 10.7 Å². The first-order valence-corrected chi connectivity index (χ1v) is 4.96. The highest BCUT2D eigenvalue weighted by molar-refractivity contribution is 6.31. The van der Waals surface area contributed by atoms with Gasteiger partial charge in [0.05, 0.1) is 11.0 Å². The molecule has 0 radical (unpaired) electrons. The smallest absolute Gasteiger partial charge is 0.292 e. The molecule has 0 atom stereocenters. The average molecular weight is 228 g/mol. The molecule has 0 spiro atoms. The lowest BCUT2D eigenvalue weighted by Gasteiger charge is -2.28. The van der Waals surface area contributed by atoms with Crippen molar-refractivity contribution in [3.05, 3.63) is 33.3 Å². The molecule has 0 bridgehead atoms. The lowest BCUT2D eigenvalue weighted by atomic mass is 10.1. The first-order valence-electron chi connectivity index (χ1n) is 4.58. The SMILES string of the molecule is O=[N+]([O-])c1ccc(Cl)cc1NC1CNC1. The molecule has 80 valence electrons.